The Morgan fingerprint density at radius 2 is 1.08 bits per heavy atom. The fourth-order valence-electron chi connectivity index (χ4n) is 5.81. The van der Waals surface area contributed by atoms with E-state index < -0.39 is 35.5 Å². The van der Waals surface area contributed by atoms with E-state index in [4.69, 9.17) is 18.3 Å². The van der Waals surface area contributed by atoms with Gasteiger partial charge in [-0.3, -0.25) is 14.5 Å². The Kier molecular flexibility index (Phi) is 12.7. The van der Waals surface area contributed by atoms with Gasteiger partial charge in [-0.1, -0.05) is 56.0 Å². The Bertz CT molecular complexity index is 2020. The molecule has 12 heteroatoms. The van der Waals surface area contributed by atoms with Crippen molar-refractivity contribution in [3.8, 4) is 0 Å². The second-order valence-electron chi connectivity index (χ2n) is 14.6. The molecular formula is C41H49N3O9. The summed E-state index contributed by atoms with van der Waals surface area (Å²) >= 11 is 0. The van der Waals surface area contributed by atoms with Gasteiger partial charge in [-0.25, -0.2) is 9.59 Å². The summed E-state index contributed by atoms with van der Waals surface area (Å²) in [7, 11) is 0. The van der Waals surface area contributed by atoms with Crippen molar-refractivity contribution < 1.29 is 42.6 Å². The van der Waals surface area contributed by atoms with Crippen LogP contribution in [0.25, 0.3) is 21.9 Å². The molecule has 6 rings (SSSR count). The topological polar surface area (TPSA) is 161 Å². The van der Waals surface area contributed by atoms with E-state index in [1.807, 2.05) is 48.5 Å². The molecule has 0 bridgehead atoms. The average Bonchev–Trinajstić information content (AvgIpc) is 3.74. The number of alkyl carbamates (subject to hydrolysis) is 2. The van der Waals surface area contributed by atoms with Crippen LogP contribution in [0.4, 0.5) is 9.59 Å². The number of carbonyl (C=O) groups excluding carboxylic acids is 4. The molecular weight excluding hydrogens is 678 g/mol. The molecule has 3 N–H and O–H groups in total. The number of carbonyl (C=O) groups is 4. The number of nitrogens with one attached hydrogen (secondary N) is 2. The van der Waals surface area contributed by atoms with Crippen molar-refractivity contribution >= 4 is 45.9 Å². The van der Waals surface area contributed by atoms with E-state index in [2.05, 4.69) is 10.6 Å². The predicted octanol–water partition coefficient (Wildman–Crippen LogP) is 7.66. The molecule has 0 saturated carbocycles. The molecule has 1 aliphatic rings. The molecule has 0 saturated heterocycles. The summed E-state index contributed by atoms with van der Waals surface area (Å²) in [5, 5.41) is 16.8. The Morgan fingerprint density at radius 1 is 0.679 bits per heavy atom. The maximum absolute atomic E-state index is 12.8. The lowest BCUT2D eigenvalue weighted by Gasteiger charge is -2.26. The SMILES string of the molecule is C.CC(C)(C)OC(=O)N[C@@H](CO)Cc1coc2ccccc12.CC(C)(C)OC(=O)N[C@H](Cc1coc2ccccc12)CN1C(=O)c2ccccc2C1=O. The van der Waals surface area contributed by atoms with E-state index >= 15 is 0 Å². The highest BCUT2D eigenvalue weighted by Gasteiger charge is 2.37. The van der Waals surface area contributed by atoms with E-state index in [0.717, 1.165) is 33.1 Å². The van der Waals surface area contributed by atoms with Gasteiger partial charge in [0, 0.05) is 21.9 Å². The van der Waals surface area contributed by atoms with Crippen LogP contribution < -0.4 is 10.6 Å². The molecule has 2 atom stereocenters. The molecule has 0 fully saturated rings. The van der Waals surface area contributed by atoms with E-state index in [-0.39, 0.29) is 32.4 Å². The van der Waals surface area contributed by atoms with Crippen molar-refractivity contribution in [2.75, 3.05) is 13.2 Å². The molecule has 3 heterocycles. The Hall–Kier alpha value is -5.62. The van der Waals surface area contributed by atoms with Gasteiger partial charge in [-0.2, -0.15) is 0 Å². The monoisotopic (exact) mass is 727 g/mol. The zero-order valence-corrected chi connectivity index (χ0v) is 30.2. The lowest BCUT2D eigenvalue weighted by atomic mass is 10.0. The van der Waals surface area contributed by atoms with Crippen LogP contribution in [0.2, 0.25) is 0 Å². The number of rotatable bonds is 9. The molecule has 0 radical (unpaired) electrons. The zero-order valence-electron chi connectivity index (χ0n) is 30.2. The van der Waals surface area contributed by atoms with E-state index in [1.54, 1.807) is 78.3 Å². The van der Waals surface area contributed by atoms with Crippen LogP contribution in [0.1, 0.15) is 80.8 Å². The van der Waals surface area contributed by atoms with Crippen LogP contribution in [0.3, 0.4) is 0 Å². The van der Waals surface area contributed by atoms with Crippen LogP contribution in [-0.4, -0.2) is 70.4 Å². The number of aliphatic hydroxyl groups is 1. The fraction of sp³-hybridized carbons (Fsp3) is 0.366. The third kappa shape index (κ3) is 10.5. The number of hydrogen-bond acceptors (Lipinski definition) is 9. The van der Waals surface area contributed by atoms with Crippen molar-refractivity contribution in [2.24, 2.45) is 0 Å². The van der Waals surface area contributed by atoms with Crippen LogP contribution in [-0.2, 0) is 22.3 Å². The Balaban J connectivity index is 0.000000250. The van der Waals surface area contributed by atoms with Gasteiger partial charge in [0.05, 0.1) is 48.9 Å². The minimum atomic E-state index is -0.674. The Morgan fingerprint density at radius 3 is 1.51 bits per heavy atom. The minimum Gasteiger partial charge on any atom is -0.464 e. The lowest BCUT2D eigenvalue weighted by Crippen LogP contribution is -2.48. The number of ether oxygens (including phenoxy) is 2. The lowest BCUT2D eigenvalue weighted by molar-refractivity contribution is 0.0466. The summed E-state index contributed by atoms with van der Waals surface area (Å²) in [6, 6.07) is 21.0. The van der Waals surface area contributed by atoms with Crippen molar-refractivity contribution in [3.63, 3.8) is 0 Å². The molecule has 12 nitrogen and oxygen atoms in total. The first-order chi connectivity index (χ1) is 24.6. The molecule has 1 aliphatic heterocycles. The van der Waals surface area contributed by atoms with Gasteiger partial charge in [0.2, 0.25) is 0 Å². The fourth-order valence-corrected chi connectivity index (χ4v) is 5.81. The smallest absolute Gasteiger partial charge is 0.407 e. The van der Waals surface area contributed by atoms with Gasteiger partial charge >= 0.3 is 12.2 Å². The van der Waals surface area contributed by atoms with Crippen LogP contribution in [0.5, 0.6) is 0 Å². The molecule has 0 aliphatic carbocycles. The van der Waals surface area contributed by atoms with Crippen LogP contribution >= 0.6 is 0 Å². The molecule has 5 aromatic rings. The van der Waals surface area contributed by atoms with Gasteiger partial charge in [-0.15, -0.1) is 0 Å². The maximum atomic E-state index is 12.8. The molecule has 2 aromatic heterocycles. The largest absolute Gasteiger partial charge is 0.464 e. The van der Waals surface area contributed by atoms with Crippen molar-refractivity contribution in [1.29, 1.82) is 0 Å². The van der Waals surface area contributed by atoms with E-state index in [0.29, 0.717) is 24.0 Å². The molecule has 4 amide bonds. The van der Waals surface area contributed by atoms with E-state index in [9.17, 15) is 24.3 Å². The maximum Gasteiger partial charge on any atom is 0.407 e. The molecule has 53 heavy (non-hydrogen) atoms. The molecule has 0 spiro atoms. The number of nitrogens with zero attached hydrogens (tertiary/aromatic N) is 1. The predicted molar refractivity (Wildman–Crippen MR) is 202 cm³/mol. The number of fused-ring (bicyclic) bond motifs is 3. The number of imide groups is 1. The quantitative estimate of drug-likeness (QED) is 0.130. The third-order valence-electron chi connectivity index (χ3n) is 8.00. The van der Waals surface area contributed by atoms with Crippen molar-refractivity contribution in [2.45, 2.75) is 85.1 Å². The van der Waals surface area contributed by atoms with Gasteiger partial charge in [0.25, 0.3) is 11.8 Å². The summed E-state index contributed by atoms with van der Waals surface area (Å²) in [6.07, 6.45) is 2.99. The van der Waals surface area contributed by atoms with Gasteiger partial charge < -0.3 is 34.0 Å². The molecule has 0 unspecified atom stereocenters. The number of hydrogen-bond donors (Lipinski definition) is 3. The number of furan rings is 2. The first kappa shape index (κ1) is 40.2. The summed E-state index contributed by atoms with van der Waals surface area (Å²) in [5.41, 5.74) is 2.85. The van der Waals surface area contributed by atoms with Gasteiger partial charge in [0.1, 0.15) is 22.4 Å². The Labute approximate surface area is 309 Å². The summed E-state index contributed by atoms with van der Waals surface area (Å²) in [5.74, 6) is -0.734. The first-order valence-electron chi connectivity index (χ1n) is 17.1. The van der Waals surface area contributed by atoms with Gasteiger partial charge in [0.15, 0.2) is 0 Å². The molecule has 282 valence electrons. The van der Waals surface area contributed by atoms with Gasteiger partial charge in [-0.05, 0) is 78.6 Å². The number of amides is 4. The van der Waals surface area contributed by atoms with E-state index in [1.165, 1.54) is 4.90 Å². The highest BCUT2D eigenvalue weighted by atomic mass is 16.6. The summed E-state index contributed by atoms with van der Waals surface area (Å²) in [4.78, 5) is 51.0. The highest BCUT2D eigenvalue weighted by Crippen LogP contribution is 2.26. The number of aliphatic hydroxyl groups excluding tert-OH is 1. The molecule has 3 aromatic carbocycles. The van der Waals surface area contributed by atoms with Crippen molar-refractivity contribution in [1.82, 2.24) is 15.5 Å². The normalized spacial score (nSPS) is 13.8. The number of para-hydroxylation sites is 2. The first-order valence-corrected chi connectivity index (χ1v) is 17.1. The average molecular weight is 728 g/mol. The van der Waals surface area contributed by atoms with Crippen LogP contribution in [0.15, 0.2) is 94.2 Å². The minimum absolute atomic E-state index is 0. The third-order valence-corrected chi connectivity index (χ3v) is 8.00. The summed E-state index contributed by atoms with van der Waals surface area (Å²) in [6.45, 7) is 10.6. The second-order valence-corrected chi connectivity index (χ2v) is 14.6. The number of benzene rings is 3. The van der Waals surface area contributed by atoms with Crippen LogP contribution in [0, 0.1) is 0 Å². The summed E-state index contributed by atoms with van der Waals surface area (Å²) < 4.78 is 21.6. The van der Waals surface area contributed by atoms with Crippen molar-refractivity contribution in [3.05, 3.63) is 108 Å². The highest BCUT2D eigenvalue weighted by molar-refractivity contribution is 6.21. The standard InChI is InChI=1S/C24H24N2O5.C16H21NO4.CH4/c1-24(2,3)31-23(29)25-16(12-15-14-30-20-11-7-6-8-17(15)20)13-26-21(27)18-9-4-5-10-19(18)22(26)28;1-16(2,3)21-15(19)17-12(9-18)8-11-10-20-14-7-5-4-6-13(11)14;/h4-11,14,16H,12-13H2,1-3H3,(H,25,29);4-7,10,12,18H,8-9H2,1-3H3,(H,17,19);1H4/t16-;12-;/m11./s1. The second kappa shape index (κ2) is 16.8. The zero-order chi connectivity index (χ0) is 37.6.